The van der Waals surface area contributed by atoms with Crippen LogP contribution in [0.4, 0.5) is 0 Å². The molecule has 4 aliphatic heterocycles. The SMILES string of the molecule is O=C(N[C@H]1CN2CCC1CC2)c1cc2cc(C#CCN3CCNCC3)sc2cn1. The number of carbonyl (C=O) groups excluding carboxylic acids is 1. The molecule has 6 rings (SSSR count). The van der Waals surface area contributed by atoms with Gasteiger partial charge in [-0.05, 0) is 49.4 Å². The maximum atomic E-state index is 12.8. The van der Waals surface area contributed by atoms with Crippen LogP contribution < -0.4 is 10.6 Å². The van der Waals surface area contributed by atoms with Crippen molar-refractivity contribution in [2.24, 2.45) is 5.92 Å². The number of hydrogen-bond acceptors (Lipinski definition) is 6. The van der Waals surface area contributed by atoms with Gasteiger partial charge in [-0.25, -0.2) is 4.98 Å². The van der Waals surface area contributed by atoms with Gasteiger partial charge in [0.15, 0.2) is 0 Å². The molecular weight excluding hydrogens is 382 g/mol. The largest absolute Gasteiger partial charge is 0.346 e. The molecule has 7 heteroatoms. The highest BCUT2D eigenvalue weighted by atomic mass is 32.1. The summed E-state index contributed by atoms with van der Waals surface area (Å²) in [4.78, 5) is 23.0. The number of thiophene rings is 1. The minimum atomic E-state index is -0.0526. The number of hydrogen-bond donors (Lipinski definition) is 2. The van der Waals surface area contributed by atoms with Crippen LogP contribution in [0.2, 0.25) is 0 Å². The number of piperidine rings is 3. The first-order valence-electron chi connectivity index (χ1n) is 10.6. The lowest BCUT2D eigenvalue weighted by molar-refractivity contribution is 0.0618. The fourth-order valence-electron chi connectivity index (χ4n) is 4.61. The van der Waals surface area contributed by atoms with E-state index in [4.69, 9.17) is 0 Å². The first kappa shape index (κ1) is 19.0. The van der Waals surface area contributed by atoms with Crippen LogP contribution in [-0.2, 0) is 0 Å². The van der Waals surface area contributed by atoms with Crippen LogP contribution in [0.1, 0.15) is 28.2 Å². The zero-order valence-corrected chi connectivity index (χ0v) is 17.4. The lowest BCUT2D eigenvalue weighted by Gasteiger charge is -2.44. The minimum absolute atomic E-state index is 0.0526. The third-order valence-electron chi connectivity index (χ3n) is 6.33. The number of piperazine rings is 1. The van der Waals surface area contributed by atoms with Crippen molar-refractivity contribution >= 4 is 27.3 Å². The smallest absolute Gasteiger partial charge is 0.270 e. The quantitative estimate of drug-likeness (QED) is 0.750. The van der Waals surface area contributed by atoms with Gasteiger partial charge >= 0.3 is 0 Å². The van der Waals surface area contributed by atoms with Crippen molar-refractivity contribution in [3.63, 3.8) is 0 Å². The molecule has 1 atom stereocenters. The molecule has 0 aromatic carbocycles. The first-order chi connectivity index (χ1) is 14.2. The summed E-state index contributed by atoms with van der Waals surface area (Å²) in [5, 5.41) is 7.64. The van der Waals surface area contributed by atoms with Gasteiger partial charge in [0.25, 0.3) is 5.91 Å². The van der Waals surface area contributed by atoms with Crippen LogP contribution in [0.5, 0.6) is 0 Å². The fraction of sp³-hybridized carbons (Fsp3) is 0.545. The molecule has 0 unspecified atom stereocenters. The average Bonchev–Trinajstić information content (AvgIpc) is 3.17. The Morgan fingerprint density at radius 1 is 1.24 bits per heavy atom. The zero-order chi connectivity index (χ0) is 19.6. The fourth-order valence-corrected chi connectivity index (χ4v) is 5.50. The second kappa shape index (κ2) is 8.41. The average molecular weight is 410 g/mol. The van der Waals surface area contributed by atoms with Crippen LogP contribution in [0.3, 0.4) is 0 Å². The molecule has 2 bridgehead atoms. The number of nitrogens with zero attached hydrogens (tertiary/aromatic N) is 3. The van der Waals surface area contributed by atoms with Crippen LogP contribution in [0, 0.1) is 17.8 Å². The van der Waals surface area contributed by atoms with Crippen molar-refractivity contribution in [1.29, 1.82) is 0 Å². The number of aromatic nitrogens is 1. The van der Waals surface area contributed by atoms with E-state index in [1.807, 2.05) is 12.3 Å². The molecule has 6 heterocycles. The van der Waals surface area contributed by atoms with E-state index in [1.165, 1.54) is 25.9 Å². The maximum Gasteiger partial charge on any atom is 0.270 e. The van der Waals surface area contributed by atoms with Gasteiger partial charge in [0, 0.05) is 45.0 Å². The molecule has 2 N–H and O–H groups in total. The third-order valence-corrected chi connectivity index (χ3v) is 7.33. The molecule has 2 aromatic rings. The summed E-state index contributed by atoms with van der Waals surface area (Å²) >= 11 is 1.64. The van der Waals surface area contributed by atoms with Crippen molar-refractivity contribution in [3.8, 4) is 11.8 Å². The molecule has 152 valence electrons. The van der Waals surface area contributed by atoms with Gasteiger partial charge in [-0.3, -0.25) is 9.69 Å². The van der Waals surface area contributed by atoms with Crippen LogP contribution in [0.15, 0.2) is 18.3 Å². The molecule has 4 aliphatic rings. The Balaban J connectivity index is 1.25. The lowest BCUT2D eigenvalue weighted by Crippen LogP contribution is -2.57. The Bertz CT molecular complexity index is 947. The second-order valence-electron chi connectivity index (χ2n) is 8.26. The minimum Gasteiger partial charge on any atom is -0.346 e. The third kappa shape index (κ3) is 4.31. The molecule has 4 saturated heterocycles. The zero-order valence-electron chi connectivity index (χ0n) is 16.6. The first-order valence-corrected chi connectivity index (χ1v) is 11.4. The van der Waals surface area contributed by atoms with E-state index < -0.39 is 0 Å². The van der Waals surface area contributed by atoms with E-state index in [9.17, 15) is 4.79 Å². The van der Waals surface area contributed by atoms with Crippen molar-refractivity contribution in [1.82, 2.24) is 25.4 Å². The standard InChI is InChI=1S/C22H27N5OS/c28-22(25-20-15-27-8-3-16(20)4-9-27)19-13-17-12-18(29-21(17)14-24-19)2-1-7-26-10-5-23-6-11-26/h12-14,16,20,23H,3-11,15H2,(H,25,28)/t20-/m0/s1. The number of carbonyl (C=O) groups is 1. The van der Waals surface area contributed by atoms with E-state index in [2.05, 4.69) is 43.3 Å². The Hall–Kier alpha value is -1.98. The van der Waals surface area contributed by atoms with E-state index in [0.29, 0.717) is 11.6 Å². The molecule has 0 aliphatic carbocycles. The van der Waals surface area contributed by atoms with Crippen LogP contribution >= 0.6 is 11.3 Å². The van der Waals surface area contributed by atoms with Gasteiger partial charge < -0.3 is 15.5 Å². The van der Waals surface area contributed by atoms with Gasteiger partial charge in [-0.1, -0.05) is 11.8 Å². The highest BCUT2D eigenvalue weighted by Gasteiger charge is 2.35. The summed E-state index contributed by atoms with van der Waals surface area (Å²) in [6, 6.07) is 4.25. The normalized spacial score (nSPS) is 26.8. The molecule has 1 amide bonds. The van der Waals surface area contributed by atoms with Crippen molar-refractivity contribution < 1.29 is 4.79 Å². The van der Waals surface area contributed by atoms with Gasteiger partial charge in [0.1, 0.15) is 5.69 Å². The van der Waals surface area contributed by atoms with E-state index in [-0.39, 0.29) is 11.9 Å². The van der Waals surface area contributed by atoms with Crippen LogP contribution in [-0.4, -0.2) is 79.1 Å². The Morgan fingerprint density at radius 3 is 2.83 bits per heavy atom. The molecule has 2 aromatic heterocycles. The number of fused-ring (bicyclic) bond motifs is 4. The molecule has 0 radical (unpaired) electrons. The number of nitrogens with one attached hydrogen (secondary N) is 2. The Morgan fingerprint density at radius 2 is 2.07 bits per heavy atom. The Labute approximate surface area is 175 Å². The second-order valence-corrected chi connectivity index (χ2v) is 9.35. The van der Waals surface area contributed by atoms with Gasteiger partial charge in [-0.15, -0.1) is 11.3 Å². The predicted octanol–water partition coefficient (Wildman–Crippen LogP) is 1.38. The van der Waals surface area contributed by atoms with Crippen molar-refractivity contribution in [2.75, 3.05) is 52.4 Å². The van der Waals surface area contributed by atoms with Crippen molar-refractivity contribution in [3.05, 3.63) is 28.9 Å². The summed E-state index contributed by atoms with van der Waals surface area (Å²) in [6.45, 7) is 8.34. The summed E-state index contributed by atoms with van der Waals surface area (Å²) in [7, 11) is 0. The molecule has 6 nitrogen and oxygen atoms in total. The topological polar surface area (TPSA) is 60.5 Å². The van der Waals surface area contributed by atoms with E-state index >= 15 is 0 Å². The molecule has 0 saturated carbocycles. The summed E-state index contributed by atoms with van der Waals surface area (Å²) in [5.41, 5.74) is 0.507. The highest BCUT2D eigenvalue weighted by Crippen LogP contribution is 2.28. The molecule has 29 heavy (non-hydrogen) atoms. The molecule has 0 spiro atoms. The number of pyridine rings is 1. The predicted molar refractivity (Wildman–Crippen MR) is 116 cm³/mol. The van der Waals surface area contributed by atoms with Gasteiger partial charge in [-0.2, -0.15) is 0 Å². The van der Waals surface area contributed by atoms with Gasteiger partial charge in [0.2, 0.25) is 0 Å². The number of rotatable bonds is 3. The number of amides is 1. The molecule has 4 fully saturated rings. The lowest BCUT2D eigenvalue weighted by atomic mass is 9.84. The van der Waals surface area contributed by atoms with Crippen LogP contribution in [0.25, 0.3) is 10.1 Å². The summed E-state index contributed by atoms with van der Waals surface area (Å²) < 4.78 is 1.08. The van der Waals surface area contributed by atoms with Gasteiger partial charge in [0.05, 0.1) is 16.1 Å². The maximum absolute atomic E-state index is 12.8. The monoisotopic (exact) mass is 409 g/mol. The summed E-state index contributed by atoms with van der Waals surface area (Å²) in [6.07, 6.45) is 4.20. The Kier molecular flexibility index (Phi) is 5.51. The molecular formula is C22H27N5OS. The van der Waals surface area contributed by atoms with E-state index in [1.54, 1.807) is 11.3 Å². The highest BCUT2D eigenvalue weighted by molar-refractivity contribution is 7.19. The summed E-state index contributed by atoms with van der Waals surface area (Å²) in [5.74, 6) is 7.14. The van der Waals surface area contributed by atoms with Crippen molar-refractivity contribution in [2.45, 2.75) is 18.9 Å². The van der Waals surface area contributed by atoms with E-state index in [0.717, 1.165) is 54.2 Å².